The quantitative estimate of drug-likeness (QED) is 0.651. The first-order chi connectivity index (χ1) is 7.67. The number of thiazole rings is 1. The molecule has 0 aliphatic rings. The van der Waals surface area contributed by atoms with Crippen molar-refractivity contribution in [1.82, 2.24) is 4.98 Å². The van der Waals surface area contributed by atoms with Crippen LogP contribution in [0, 0.1) is 0 Å². The highest BCUT2D eigenvalue weighted by Crippen LogP contribution is 2.15. The van der Waals surface area contributed by atoms with Crippen LogP contribution in [0.1, 0.15) is 24.3 Å². The Hall–Kier alpha value is -1.69. The zero-order chi connectivity index (χ0) is 12.6. The van der Waals surface area contributed by atoms with E-state index in [1.165, 1.54) is 12.5 Å². The Bertz CT molecular complexity index is 374. The number of amides is 1. The second-order valence-corrected chi connectivity index (χ2v) is 3.08. The molecule has 0 aliphatic heterocycles. The maximum absolute atomic E-state index is 11.0. The highest BCUT2D eigenvalue weighted by molar-refractivity contribution is 7.14. The van der Waals surface area contributed by atoms with Gasteiger partial charge in [0, 0.05) is 5.38 Å². The maximum atomic E-state index is 11.0. The van der Waals surface area contributed by atoms with Crippen molar-refractivity contribution >= 4 is 28.3 Å². The fraction of sp³-hybridized carbons (Fsp3) is 0.300. The van der Waals surface area contributed by atoms with E-state index < -0.39 is 5.97 Å². The number of nitrogens with zero attached hydrogens (tertiary/aromatic N) is 1. The number of hydrogen-bond acceptors (Lipinski definition) is 5. The Kier molecular flexibility index (Phi) is 6.78. The Balaban J connectivity index is 0.00000106. The van der Waals surface area contributed by atoms with Crippen molar-refractivity contribution in [2.75, 3.05) is 12.4 Å². The minimum atomic E-state index is -0.527. The molecule has 0 unspecified atom stereocenters. The SMILES string of the molecule is C=CC(=O)Nc1nc(C(=O)OC)cs1.CC. The minimum absolute atomic E-state index is 0.178. The van der Waals surface area contributed by atoms with Crippen molar-refractivity contribution in [3.05, 3.63) is 23.7 Å². The summed E-state index contributed by atoms with van der Waals surface area (Å²) in [6, 6.07) is 0. The van der Waals surface area contributed by atoms with Gasteiger partial charge in [0.2, 0.25) is 5.91 Å². The molecule has 1 aromatic heterocycles. The third-order valence-corrected chi connectivity index (χ3v) is 2.07. The molecule has 16 heavy (non-hydrogen) atoms. The third kappa shape index (κ3) is 4.22. The van der Waals surface area contributed by atoms with Gasteiger partial charge in [-0.25, -0.2) is 9.78 Å². The van der Waals surface area contributed by atoms with E-state index in [0.29, 0.717) is 5.13 Å². The Morgan fingerprint density at radius 2 is 2.19 bits per heavy atom. The zero-order valence-corrected chi connectivity index (χ0v) is 10.3. The molecule has 0 aromatic carbocycles. The van der Waals surface area contributed by atoms with Gasteiger partial charge in [-0.2, -0.15) is 0 Å². The minimum Gasteiger partial charge on any atom is -0.464 e. The lowest BCUT2D eigenvalue weighted by Gasteiger charge is -1.94. The van der Waals surface area contributed by atoms with E-state index in [4.69, 9.17) is 0 Å². The van der Waals surface area contributed by atoms with Gasteiger partial charge in [-0.15, -0.1) is 11.3 Å². The van der Waals surface area contributed by atoms with E-state index in [9.17, 15) is 9.59 Å². The largest absolute Gasteiger partial charge is 0.464 e. The molecular weight excluding hydrogens is 228 g/mol. The molecule has 0 aliphatic carbocycles. The van der Waals surface area contributed by atoms with Crippen molar-refractivity contribution < 1.29 is 14.3 Å². The van der Waals surface area contributed by atoms with Crippen LogP contribution >= 0.6 is 11.3 Å². The predicted octanol–water partition coefficient (Wildman–Crippen LogP) is 2.08. The van der Waals surface area contributed by atoms with Gasteiger partial charge in [-0.3, -0.25) is 10.1 Å². The van der Waals surface area contributed by atoms with Gasteiger partial charge in [0.15, 0.2) is 10.8 Å². The molecule has 0 fully saturated rings. The first-order valence-corrected chi connectivity index (χ1v) is 5.52. The molecule has 0 saturated carbocycles. The van der Waals surface area contributed by atoms with Crippen molar-refractivity contribution in [2.24, 2.45) is 0 Å². The van der Waals surface area contributed by atoms with Crippen LogP contribution in [0.2, 0.25) is 0 Å². The molecule has 88 valence electrons. The topological polar surface area (TPSA) is 68.3 Å². The molecule has 1 aromatic rings. The summed E-state index contributed by atoms with van der Waals surface area (Å²) in [4.78, 5) is 25.7. The van der Waals surface area contributed by atoms with Gasteiger partial charge in [-0.05, 0) is 6.08 Å². The summed E-state index contributed by atoms with van der Waals surface area (Å²) in [7, 11) is 1.27. The molecule has 0 saturated heterocycles. The summed E-state index contributed by atoms with van der Waals surface area (Å²) in [6.45, 7) is 7.29. The Labute approximate surface area is 98.1 Å². The number of anilines is 1. The van der Waals surface area contributed by atoms with Crippen LogP contribution < -0.4 is 5.32 Å². The van der Waals surface area contributed by atoms with Gasteiger partial charge >= 0.3 is 5.97 Å². The van der Waals surface area contributed by atoms with Crippen LogP contribution in [0.4, 0.5) is 5.13 Å². The van der Waals surface area contributed by atoms with E-state index in [0.717, 1.165) is 17.4 Å². The molecule has 1 rings (SSSR count). The third-order valence-electron chi connectivity index (χ3n) is 1.31. The maximum Gasteiger partial charge on any atom is 0.357 e. The van der Waals surface area contributed by atoms with E-state index in [2.05, 4.69) is 21.6 Å². The summed E-state index contributed by atoms with van der Waals surface area (Å²) in [5.74, 6) is -0.892. The predicted molar refractivity (Wildman–Crippen MR) is 63.6 cm³/mol. The molecule has 5 nitrogen and oxygen atoms in total. The van der Waals surface area contributed by atoms with E-state index in [1.54, 1.807) is 0 Å². The van der Waals surface area contributed by atoms with E-state index in [1.807, 2.05) is 13.8 Å². The zero-order valence-electron chi connectivity index (χ0n) is 9.44. The number of nitrogens with one attached hydrogen (secondary N) is 1. The molecule has 0 radical (unpaired) electrons. The number of carbonyl (C=O) groups excluding carboxylic acids is 2. The number of methoxy groups -OCH3 is 1. The monoisotopic (exact) mass is 242 g/mol. The van der Waals surface area contributed by atoms with Crippen LogP contribution in [0.3, 0.4) is 0 Å². The normalized spacial score (nSPS) is 8.44. The molecule has 0 spiro atoms. The second kappa shape index (κ2) is 7.58. The smallest absolute Gasteiger partial charge is 0.357 e. The summed E-state index contributed by atoms with van der Waals surface area (Å²) in [5, 5.41) is 4.28. The molecule has 0 bridgehead atoms. The van der Waals surface area contributed by atoms with Gasteiger partial charge < -0.3 is 4.74 Å². The van der Waals surface area contributed by atoms with E-state index >= 15 is 0 Å². The van der Waals surface area contributed by atoms with Crippen molar-refractivity contribution in [3.8, 4) is 0 Å². The van der Waals surface area contributed by atoms with Crippen LogP contribution in [0.25, 0.3) is 0 Å². The molecule has 1 amide bonds. The Morgan fingerprint density at radius 3 is 2.69 bits per heavy atom. The van der Waals surface area contributed by atoms with Gasteiger partial charge in [0.25, 0.3) is 0 Å². The van der Waals surface area contributed by atoms with Crippen LogP contribution in [0.15, 0.2) is 18.0 Å². The fourth-order valence-corrected chi connectivity index (χ4v) is 1.37. The molecule has 1 N–H and O–H groups in total. The lowest BCUT2D eigenvalue weighted by Crippen LogP contribution is -2.08. The average Bonchev–Trinajstić information content (AvgIpc) is 2.79. The molecule has 1 heterocycles. The first-order valence-electron chi connectivity index (χ1n) is 4.64. The highest BCUT2D eigenvalue weighted by atomic mass is 32.1. The van der Waals surface area contributed by atoms with Gasteiger partial charge in [-0.1, -0.05) is 20.4 Å². The highest BCUT2D eigenvalue weighted by Gasteiger charge is 2.10. The number of ether oxygens (including phenoxy) is 1. The van der Waals surface area contributed by atoms with Crippen LogP contribution in [0.5, 0.6) is 0 Å². The number of carbonyl (C=O) groups is 2. The van der Waals surface area contributed by atoms with Crippen LogP contribution in [-0.2, 0) is 9.53 Å². The lowest BCUT2D eigenvalue weighted by atomic mass is 10.5. The second-order valence-electron chi connectivity index (χ2n) is 2.22. The van der Waals surface area contributed by atoms with E-state index in [-0.39, 0.29) is 11.6 Å². The molecular formula is C10H14N2O3S. The number of esters is 1. The van der Waals surface area contributed by atoms with Crippen molar-refractivity contribution in [2.45, 2.75) is 13.8 Å². The standard InChI is InChI=1S/C8H8N2O3S.C2H6/c1-3-6(11)10-8-9-5(4-14-8)7(12)13-2;1-2/h3-4H,1H2,2H3,(H,9,10,11);1-2H3. The number of hydrogen-bond donors (Lipinski definition) is 1. The molecule has 0 atom stereocenters. The van der Waals surface area contributed by atoms with Gasteiger partial charge in [0.05, 0.1) is 7.11 Å². The summed E-state index contributed by atoms with van der Waals surface area (Å²) >= 11 is 1.15. The van der Waals surface area contributed by atoms with Crippen molar-refractivity contribution in [1.29, 1.82) is 0 Å². The van der Waals surface area contributed by atoms with Crippen molar-refractivity contribution in [3.63, 3.8) is 0 Å². The lowest BCUT2D eigenvalue weighted by molar-refractivity contribution is -0.111. The average molecular weight is 242 g/mol. The first kappa shape index (κ1) is 14.3. The van der Waals surface area contributed by atoms with Gasteiger partial charge in [0.1, 0.15) is 0 Å². The van der Waals surface area contributed by atoms with Crippen LogP contribution in [-0.4, -0.2) is 24.0 Å². The number of rotatable bonds is 3. The summed E-state index contributed by atoms with van der Waals surface area (Å²) in [6.07, 6.45) is 1.12. The summed E-state index contributed by atoms with van der Waals surface area (Å²) in [5.41, 5.74) is 0.178. The molecule has 6 heteroatoms. The fourth-order valence-electron chi connectivity index (χ4n) is 0.686. The Morgan fingerprint density at radius 1 is 1.56 bits per heavy atom. The summed E-state index contributed by atoms with van der Waals surface area (Å²) < 4.78 is 4.45. The number of aromatic nitrogens is 1.